The summed E-state index contributed by atoms with van der Waals surface area (Å²) in [6.07, 6.45) is 1.03. The molecule has 0 bridgehead atoms. The van der Waals surface area contributed by atoms with Gasteiger partial charge in [0, 0.05) is 35.8 Å². The Labute approximate surface area is 134 Å². The highest BCUT2D eigenvalue weighted by molar-refractivity contribution is 5.94. The number of rotatable bonds is 2. The first-order valence-electron chi connectivity index (χ1n) is 7.93. The molecule has 0 radical (unpaired) electrons. The van der Waals surface area contributed by atoms with Crippen LogP contribution in [0, 0.1) is 0 Å². The van der Waals surface area contributed by atoms with Crippen LogP contribution in [0.25, 0.3) is 10.9 Å². The summed E-state index contributed by atoms with van der Waals surface area (Å²) in [7, 11) is 1.65. The summed E-state index contributed by atoms with van der Waals surface area (Å²) in [5, 5.41) is 7.55. The predicted octanol–water partition coefficient (Wildman–Crippen LogP) is 2.76. The monoisotopic (exact) mass is 305 g/mol. The molecular weight excluding hydrogens is 286 g/mol. The molecule has 1 aliphatic heterocycles. The van der Waals surface area contributed by atoms with E-state index in [1.54, 1.807) is 7.05 Å². The van der Waals surface area contributed by atoms with E-state index < -0.39 is 0 Å². The maximum Gasteiger partial charge on any atom is 0.251 e. The van der Waals surface area contributed by atoms with Crippen molar-refractivity contribution >= 4 is 16.8 Å². The SMILES string of the molecule is CNC(=O)c1ccc(C2NCCc3c2[nH]c2ccccc32)cc1. The number of benzene rings is 2. The lowest BCUT2D eigenvalue weighted by atomic mass is 9.94. The maximum absolute atomic E-state index is 11.7. The topological polar surface area (TPSA) is 56.9 Å². The van der Waals surface area contributed by atoms with Crippen LogP contribution >= 0.6 is 0 Å². The lowest BCUT2D eigenvalue weighted by molar-refractivity contribution is 0.0963. The lowest BCUT2D eigenvalue weighted by Gasteiger charge is -2.25. The number of nitrogens with one attached hydrogen (secondary N) is 3. The van der Waals surface area contributed by atoms with Crippen LogP contribution in [-0.4, -0.2) is 24.5 Å². The number of carbonyl (C=O) groups is 1. The first-order chi connectivity index (χ1) is 11.3. The van der Waals surface area contributed by atoms with Crippen molar-refractivity contribution in [1.29, 1.82) is 0 Å². The normalized spacial score (nSPS) is 17.0. The molecule has 0 aliphatic carbocycles. The molecule has 0 saturated carbocycles. The lowest BCUT2D eigenvalue weighted by Crippen LogP contribution is -2.30. The first kappa shape index (κ1) is 14.0. The number of amides is 1. The summed E-state index contributed by atoms with van der Waals surface area (Å²) in [6.45, 7) is 0.955. The fraction of sp³-hybridized carbons (Fsp3) is 0.211. The molecule has 1 atom stereocenters. The Morgan fingerprint density at radius 1 is 1.13 bits per heavy atom. The van der Waals surface area contributed by atoms with Gasteiger partial charge < -0.3 is 15.6 Å². The minimum absolute atomic E-state index is 0.0561. The molecule has 1 aromatic heterocycles. The van der Waals surface area contributed by atoms with Crippen LogP contribution in [0.1, 0.15) is 33.2 Å². The van der Waals surface area contributed by atoms with Crippen molar-refractivity contribution in [1.82, 2.24) is 15.6 Å². The zero-order valence-electron chi connectivity index (χ0n) is 13.0. The minimum atomic E-state index is -0.0561. The Morgan fingerprint density at radius 3 is 2.70 bits per heavy atom. The number of aromatic amines is 1. The van der Waals surface area contributed by atoms with Crippen LogP contribution in [0.15, 0.2) is 48.5 Å². The van der Waals surface area contributed by atoms with E-state index >= 15 is 0 Å². The summed E-state index contributed by atoms with van der Waals surface area (Å²) in [6, 6.07) is 16.4. The summed E-state index contributed by atoms with van der Waals surface area (Å²) < 4.78 is 0. The Hall–Kier alpha value is -2.59. The fourth-order valence-corrected chi connectivity index (χ4v) is 3.44. The molecule has 3 N–H and O–H groups in total. The Morgan fingerprint density at radius 2 is 1.91 bits per heavy atom. The molecule has 116 valence electrons. The van der Waals surface area contributed by atoms with Gasteiger partial charge in [-0.05, 0) is 35.7 Å². The number of hydrogen-bond acceptors (Lipinski definition) is 2. The summed E-state index contributed by atoms with van der Waals surface area (Å²) in [5.41, 5.74) is 5.69. The van der Waals surface area contributed by atoms with Gasteiger partial charge in [0.25, 0.3) is 5.91 Å². The molecule has 2 aromatic carbocycles. The van der Waals surface area contributed by atoms with Crippen LogP contribution in [-0.2, 0) is 6.42 Å². The third-order valence-corrected chi connectivity index (χ3v) is 4.59. The molecule has 0 spiro atoms. The van der Waals surface area contributed by atoms with Crippen molar-refractivity contribution in [2.24, 2.45) is 0 Å². The van der Waals surface area contributed by atoms with Gasteiger partial charge in [-0.3, -0.25) is 4.79 Å². The largest absolute Gasteiger partial charge is 0.357 e. The third-order valence-electron chi connectivity index (χ3n) is 4.59. The molecule has 4 nitrogen and oxygen atoms in total. The zero-order valence-corrected chi connectivity index (χ0v) is 13.0. The quantitative estimate of drug-likeness (QED) is 0.682. The predicted molar refractivity (Wildman–Crippen MR) is 91.7 cm³/mol. The molecule has 0 saturated heterocycles. The Kier molecular flexibility index (Phi) is 3.39. The van der Waals surface area contributed by atoms with Crippen molar-refractivity contribution in [2.45, 2.75) is 12.5 Å². The van der Waals surface area contributed by atoms with Gasteiger partial charge in [-0.15, -0.1) is 0 Å². The van der Waals surface area contributed by atoms with E-state index in [0.717, 1.165) is 13.0 Å². The molecule has 2 heterocycles. The minimum Gasteiger partial charge on any atom is -0.357 e. The number of para-hydroxylation sites is 1. The maximum atomic E-state index is 11.7. The number of carbonyl (C=O) groups excluding carboxylic acids is 1. The summed E-state index contributed by atoms with van der Waals surface area (Å²) in [4.78, 5) is 15.3. The van der Waals surface area contributed by atoms with E-state index in [0.29, 0.717) is 5.56 Å². The van der Waals surface area contributed by atoms with Gasteiger partial charge in [-0.25, -0.2) is 0 Å². The molecular formula is C19H19N3O. The van der Waals surface area contributed by atoms with Crippen molar-refractivity contribution in [2.75, 3.05) is 13.6 Å². The highest BCUT2D eigenvalue weighted by Crippen LogP contribution is 2.33. The summed E-state index contributed by atoms with van der Waals surface area (Å²) >= 11 is 0. The van der Waals surface area contributed by atoms with Crippen molar-refractivity contribution < 1.29 is 4.79 Å². The van der Waals surface area contributed by atoms with E-state index in [-0.39, 0.29) is 11.9 Å². The molecule has 4 heteroatoms. The second kappa shape index (κ2) is 5.56. The molecule has 1 aliphatic rings. The van der Waals surface area contributed by atoms with E-state index in [4.69, 9.17) is 0 Å². The first-order valence-corrected chi connectivity index (χ1v) is 7.93. The van der Waals surface area contributed by atoms with Gasteiger partial charge in [0.15, 0.2) is 0 Å². The third kappa shape index (κ3) is 2.32. The van der Waals surface area contributed by atoms with Crippen LogP contribution in [0.2, 0.25) is 0 Å². The molecule has 23 heavy (non-hydrogen) atoms. The zero-order chi connectivity index (χ0) is 15.8. The second-order valence-corrected chi connectivity index (χ2v) is 5.90. The standard InChI is InChI=1S/C19H19N3O/c1-20-19(23)13-8-6-12(7-9-13)17-18-15(10-11-21-17)14-4-2-3-5-16(14)22-18/h2-9,17,21-22H,10-11H2,1H3,(H,20,23). The van der Waals surface area contributed by atoms with Crippen LogP contribution < -0.4 is 10.6 Å². The number of H-pyrrole nitrogens is 1. The van der Waals surface area contributed by atoms with Crippen LogP contribution in [0.4, 0.5) is 0 Å². The van der Waals surface area contributed by atoms with Gasteiger partial charge in [-0.1, -0.05) is 30.3 Å². The van der Waals surface area contributed by atoms with Gasteiger partial charge in [0.2, 0.25) is 0 Å². The Bertz CT molecular complexity index is 864. The summed E-state index contributed by atoms with van der Waals surface area (Å²) in [5.74, 6) is -0.0561. The number of hydrogen-bond donors (Lipinski definition) is 3. The molecule has 4 rings (SSSR count). The van der Waals surface area contributed by atoms with E-state index in [1.807, 2.05) is 24.3 Å². The van der Waals surface area contributed by atoms with Gasteiger partial charge in [0.1, 0.15) is 0 Å². The molecule has 1 amide bonds. The average Bonchev–Trinajstić information content (AvgIpc) is 3.00. The van der Waals surface area contributed by atoms with E-state index in [9.17, 15) is 4.79 Å². The van der Waals surface area contributed by atoms with Gasteiger partial charge >= 0.3 is 0 Å². The second-order valence-electron chi connectivity index (χ2n) is 5.90. The van der Waals surface area contributed by atoms with Crippen LogP contribution in [0.5, 0.6) is 0 Å². The molecule has 1 unspecified atom stereocenters. The van der Waals surface area contributed by atoms with E-state index in [2.05, 4.69) is 39.9 Å². The van der Waals surface area contributed by atoms with Crippen molar-refractivity contribution in [3.8, 4) is 0 Å². The average molecular weight is 305 g/mol. The van der Waals surface area contributed by atoms with Gasteiger partial charge in [-0.2, -0.15) is 0 Å². The van der Waals surface area contributed by atoms with E-state index in [1.165, 1.54) is 27.7 Å². The highest BCUT2D eigenvalue weighted by atomic mass is 16.1. The number of fused-ring (bicyclic) bond motifs is 3. The van der Waals surface area contributed by atoms with Crippen LogP contribution in [0.3, 0.4) is 0 Å². The molecule has 0 fully saturated rings. The highest BCUT2D eigenvalue weighted by Gasteiger charge is 2.25. The van der Waals surface area contributed by atoms with Crippen molar-refractivity contribution in [3.05, 3.63) is 70.9 Å². The molecule has 3 aromatic rings. The Balaban J connectivity index is 1.75. The number of aromatic nitrogens is 1. The smallest absolute Gasteiger partial charge is 0.251 e. The van der Waals surface area contributed by atoms with Gasteiger partial charge in [0.05, 0.1) is 6.04 Å². The van der Waals surface area contributed by atoms with Crippen molar-refractivity contribution in [3.63, 3.8) is 0 Å². The fourth-order valence-electron chi connectivity index (χ4n) is 3.44.